The number of nitrogens with one attached hydrogen (secondary N) is 1. The zero-order chi connectivity index (χ0) is 13.1. The molecule has 0 saturated heterocycles. The molecule has 2 nitrogen and oxygen atoms in total. The van der Waals surface area contributed by atoms with Gasteiger partial charge in [0.2, 0.25) is 0 Å². The van der Waals surface area contributed by atoms with E-state index in [1.165, 1.54) is 12.1 Å². The maximum atomic E-state index is 13.1. The minimum Gasteiger partial charge on any atom is -0.321 e. The van der Waals surface area contributed by atoms with E-state index in [4.69, 9.17) is 0 Å². The Hall–Kier alpha value is -1.68. The second-order valence-electron chi connectivity index (χ2n) is 3.89. The fourth-order valence-electron chi connectivity index (χ4n) is 1.59. The summed E-state index contributed by atoms with van der Waals surface area (Å²) < 4.78 is 13.9. The fourth-order valence-corrected chi connectivity index (χ4v) is 1.97. The van der Waals surface area contributed by atoms with Crippen LogP contribution in [-0.2, 0) is 0 Å². The first-order valence-electron chi connectivity index (χ1n) is 5.40. The van der Waals surface area contributed by atoms with Crippen molar-refractivity contribution < 1.29 is 9.18 Å². The summed E-state index contributed by atoms with van der Waals surface area (Å²) in [5.74, 6) is -0.739. The summed E-state index contributed by atoms with van der Waals surface area (Å²) in [6.07, 6.45) is 0. The summed E-state index contributed by atoms with van der Waals surface area (Å²) in [6.45, 7) is 1.77. The van der Waals surface area contributed by atoms with Gasteiger partial charge in [-0.15, -0.1) is 0 Å². The summed E-state index contributed by atoms with van der Waals surface area (Å²) in [7, 11) is 0. The lowest BCUT2D eigenvalue weighted by Crippen LogP contribution is -2.14. The molecule has 0 aliphatic heterocycles. The number of rotatable bonds is 2. The first-order valence-corrected chi connectivity index (χ1v) is 6.19. The largest absolute Gasteiger partial charge is 0.321 e. The Kier molecular flexibility index (Phi) is 3.77. The van der Waals surface area contributed by atoms with Gasteiger partial charge < -0.3 is 5.32 Å². The van der Waals surface area contributed by atoms with E-state index in [1.807, 2.05) is 18.2 Å². The van der Waals surface area contributed by atoms with Crippen molar-refractivity contribution in [2.75, 3.05) is 5.32 Å². The lowest BCUT2D eigenvalue weighted by Gasteiger charge is -2.09. The van der Waals surface area contributed by atoms with Crippen molar-refractivity contribution in [3.05, 3.63) is 63.9 Å². The molecule has 0 aliphatic rings. The van der Waals surface area contributed by atoms with Crippen LogP contribution >= 0.6 is 15.9 Å². The Labute approximate surface area is 113 Å². The van der Waals surface area contributed by atoms with E-state index < -0.39 is 5.82 Å². The summed E-state index contributed by atoms with van der Waals surface area (Å²) in [5.41, 5.74) is 1.73. The first-order chi connectivity index (χ1) is 8.58. The van der Waals surface area contributed by atoms with Crippen molar-refractivity contribution in [2.45, 2.75) is 6.92 Å². The number of carbonyl (C=O) groups excluding carboxylic acids is 1. The predicted molar refractivity (Wildman–Crippen MR) is 73.2 cm³/mol. The number of halogens is 2. The Morgan fingerprint density at radius 2 is 1.94 bits per heavy atom. The van der Waals surface area contributed by atoms with E-state index in [9.17, 15) is 9.18 Å². The molecule has 0 atom stereocenters. The molecular formula is C14H11BrFNO. The minimum atomic E-state index is -0.419. The van der Waals surface area contributed by atoms with Gasteiger partial charge in [0.05, 0.1) is 5.69 Å². The highest BCUT2D eigenvalue weighted by atomic mass is 79.9. The number of para-hydroxylation sites is 1. The Morgan fingerprint density at radius 1 is 1.22 bits per heavy atom. The predicted octanol–water partition coefficient (Wildman–Crippen LogP) is 4.15. The third-order valence-electron chi connectivity index (χ3n) is 2.57. The van der Waals surface area contributed by atoms with Crippen LogP contribution in [0.25, 0.3) is 0 Å². The number of benzene rings is 2. The van der Waals surface area contributed by atoms with E-state index in [-0.39, 0.29) is 5.91 Å². The van der Waals surface area contributed by atoms with Gasteiger partial charge in [-0.1, -0.05) is 18.2 Å². The number of amides is 1. The molecule has 1 amide bonds. The van der Waals surface area contributed by atoms with Crippen LogP contribution in [0.5, 0.6) is 0 Å². The summed E-state index contributed by atoms with van der Waals surface area (Å²) in [6, 6.07) is 11.4. The lowest BCUT2D eigenvalue weighted by atomic mass is 10.1. The fraction of sp³-hybridized carbons (Fsp3) is 0.0714. The molecular weight excluding hydrogens is 297 g/mol. The van der Waals surface area contributed by atoms with E-state index in [0.717, 1.165) is 10.0 Å². The van der Waals surface area contributed by atoms with Crippen molar-refractivity contribution in [1.82, 2.24) is 0 Å². The average Bonchev–Trinajstić information content (AvgIpc) is 2.35. The van der Waals surface area contributed by atoms with Crippen LogP contribution in [0.3, 0.4) is 0 Å². The van der Waals surface area contributed by atoms with E-state index in [1.54, 1.807) is 19.1 Å². The van der Waals surface area contributed by atoms with Crippen molar-refractivity contribution in [2.24, 2.45) is 0 Å². The highest BCUT2D eigenvalue weighted by Crippen LogP contribution is 2.22. The molecule has 0 unspecified atom stereocenters. The smallest absolute Gasteiger partial charge is 0.256 e. The van der Waals surface area contributed by atoms with Crippen molar-refractivity contribution in [1.29, 1.82) is 0 Å². The zero-order valence-electron chi connectivity index (χ0n) is 9.71. The van der Waals surface area contributed by atoms with Crippen molar-refractivity contribution in [3.8, 4) is 0 Å². The highest BCUT2D eigenvalue weighted by Gasteiger charge is 2.11. The van der Waals surface area contributed by atoms with Gasteiger partial charge in [-0.25, -0.2) is 4.39 Å². The van der Waals surface area contributed by atoms with Crippen LogP contribution in [0.15, 0.2) is 46.9 Å². The molecule has 4 heteroatoms. The van der Waals surface area contributed by atoms with Gasteiger partial charge in [-0.05, 0) is 52.7 Å². The molecule has 0 radical (unpaired) electrons. The normalized spacial score (nSPS) is 10.2. The SMILES string of the molecule is Cc1ccc(F)cc1C(=O)Nc1ccccc1Br. The summed E-state index contributed by atoms with van der Waals surface area (Å²) in [5, 5.41) is 2.74. The molecule has 92 valence electrons. The number of anilines is 1. The maximum absolute atomic E-state index is 13.1. The quantitative estimate of drug-likeness (QED) is 0.887. The average molecular weight is 308 g/mol. The van der Waals surface area contributed by atoms with Crippen molar-refractivity contribution >= 4 is 27.5 Å². The highest BCUT2D eigenvalue weighted by molar-refractivity contribution is 9.10. The molecule has 18 heavy (non-hydrogen) atoms. The van der Waals surface area contributed by atoms with Crippen molar-refractivity contribution in [3.63, 3.8) is 0 Å². The van der Waals surface area contributed by atoms with Crippen LogP contribution in [0, 0.1) is 12.7 Å². The van der Waals surface area contributed by atoms with Gasteiger partial charge in [0.25, 0.3) is 5.91 Å². The van der Waals surface area contributed by atoms with Gasteiger partial charge in [0.1, 0.15) is 5.82 Å². The monoisotopic (exact) mass is 307 g/mol. The molecule has 0 aromatic heterocycles. The molecule has 2 aromatic carbocycles. The van der Waals surface area contributed by atoms with E-state index in [2.05, 4.69) is 21.2 Å². The maximum Gasteiger partial charge on any atom is 0.256 e. The molecule has 0 aliphatic carbocycles. The number of hydrogen-bond acceptors (Lipinski definition) is 1. The standard InChI is InChI=1S/C14H11BrFNO/c1-9-6-7-10(16)8-11(9)14(18)17-13-5-3-2-4-12(13)15/h2-8H,1H3,(H,17,18). The Bertz CT molecular complexity index is 598. The third kappa shape index (κ3) is 2.76. The topological polar surface area (TPSA) is 29.1 Å². The van der Waals surface area contributed by atoms with Gasteiger partial charge in [-0.2, -0.15) is 0 Å². The van der Waals surface area contributed by atoms with Crippen LogP contribution < -0.4 is 5.32 Å². The molecule has 0 bridgehead atoms. The van der Waals surface area contributed by atoms with Crippen LogP contribution in [0.4, 0.5) is 10.1 Å². The van der Waals surface area contributed by atoms with Crippen LogP contribution in [0.1, 0.15) is 15.9 Å². The minimum absolute atomic E-state index is 0.320. The van der Waals surface area contributed by atoms with E-state index >= 15 is 0 Å². The summed E-state index contributed by atoms with van der Waals surface area (Å²) in [4.78, 5) is 12.0. The second-order valence-corrected chi connectivity index (χ2v) is 4.75. The van der Waals surface area contributed by atoms with Gasteiger partial charge in [-0.3, -0.25) is 4.79 Å². The molecule has 0 spiro atoms. The molecule has 0 fully saturated rings. The van der Waals surface area contributed by atoms with Gasteiger partial charge >= 0.3 is 0 Å². The Morgan fingerprint density at radius 3 is 2.67 bits per heavy atom. The van der Waals surface area contributed by atoms with Gasteiger partial charge in [0.15, 0.2) is 0 Å². The number of hydrogen-bond donors (Lipinski definition) is 1. The lowest BCUT2D eigenvalue weighted by molar-refractivity contribution is 0.102. The first kappa shape index (κ1) is 12.8. The summed E-state index contributed by atoms with van der Waals surface area (Å²) >= 11 is 3.34. The second kappa shape index (κ2) is 5.31. The zero-order valence-corrected chi connectivity index (χ0v) is 11.3. The number of aryl methyl sites for hydroxylation is 1. The Balaban J connectivity index is 2.28. The number of carbonyl (C=O) groups is 1. The molecule has 1 N–H and O–H groups in total. The molecule has 0 saturated carbocycles. The molecule has 0 heterocycles. The molecule has 2 rings (SSSR count). The van der Waals surface area contributed by atoms with Crippen LogP contribution in [-0.4, -0.2) is 5.91 Å². The third-order valence-corrected chi connectivity index (χ3v) is 3.26. The van der Waals surface area contributed by atoms with Crippen LogP contribution in [0.2, 0.25) is 0 Å². The molecule has 2 aromatic rings. The van der Waals surface area contributed by atoms with Gasteiger partial charge in [0, 0.05) is 10.0 Å². The van der Waals surface area contributed by atoms with E-state index in [0.29, 0.717) is 11.3 Å².